The molecular weight excluding hydrogens is 337 g/mol. The summed E-state index contributed by atoms with van der Waals surface area (Å²) in [6.07, 6.45) is -2.03. The summed E-state index contributed by atoms with van der Waals surface area (Å²) < 4.78 is 61.6. The van der Waals surface area contributed by atoms with E-state index in [4.69, 9.17) is 0 Å². The molecule has 0 fully saturated rings. The van der Waals surface area contributed by atoms with Crippen molar-refractivity contribution in [2.24, 2.45) is 0 Å². The molecule has 0 aliphatic heterocycles. The Bertz CT molecular complexity index is 955. The third-order valence-electron chi connectivity index (χ3n) is 3.05. The van der Waals surface area contributed by atoms with Gasteiger partial charge in [0.25, 0.3) is 0 Å². The number of hydrogen-bond acceptors (Lipinski definition) is 4. The van der Waals surface area contributed by atoms with E-state index in [2.05, 4.69) is 9.97 Å². The molecule has 0 saturated carbocycles. The van der Waals surface area contributed by atoms with Crippen molar-refractivity contribution in [1.82, 2.24) is 9.97 Å². The molecule has 0 aromatic carbocycles. The predicted molar refractivity (Wildman–Crippen MR) is 77.5 cm³/mol. The Kier molecular flexibility index (Phi) is 3.29. The Hall–Kier alpha value is -1.87. The van der Waals surface area contributed by atoms with Gasteiger partial charge in [0.05, 0.1) is 0 Å². The number of alkyl halides is 3. The van der Waals surface area contributed by atoms with Crippen LogP contribution in [0.2, 0.25) is 0 Å². The molecule has 3 rings (SSSR count). The molecule has 0 radical (unpaired) electrons. The monoisotopic (exact) mass is 346 g/mol. The van der Waals surface area contributed by atoms with Gasteiger partial charge in [-0.2, -0.15) is 13.2 Å². The smallest absolute Gasteiger partial charge is 0.336 e. The molecule has 0 unspecified atom stereocenters. The van der Waals surface area contributed by atoms with E-state index < -0.39 is 21.7 Å². The molecule has 3 aromatic rings. The number of aromatic nitrogens is 2. The van der Waals surface area contributed by atoms with Crippen molar-refractivity contribution in [3.8, 4) is 10.4 Å². The summed E-state index contributed by atoms with van der Waals surface area (Å²) in [7, 11) is -3.35. The number of nitrogens with zero attached hydrogens (tertiary/aromatic N) is 1. The first-order chi connectivity index (χ1) is 10.2. The van der Waals surface area contributed by atoms with Gasteiger partial charge in [0.15, 0.2) is 9.84 Å². The van der Waals surface area contributed by atoms with Crippen LogP contribution in [0, 0.1) is 0 Å². The molecule has 116 valence electrons. The Balaban J connectivity index is 2.19. The van der Waals surface area contributed by atoms with Crippen LogP contribution in [0.1, 0.15) is 5.69 Å². The molecule has 22 heavy (non-hydrogen) atoms. The number of halogens is 3. The van der Waals surface area contributed by atoms with Crippen molar-refractivity contribution < 1.29 is 21.6 Å². The lowest BCUT2D eigenvalue weighted by molar-refractivity contribution is -0.140. The van der Waals surface area contributed by atoms with Gasteiger partial charge in [-0.25, -0.2) is 13.4 Å². The van der Waals surface area contributed by atoms with Crippen LogP contribution in [0.15, 0.2) is 34.7 Å². The van der Waals surface area contributed by atoms with E-state index in [1.807, 2.05) is 0 Å². The zero-order valence-electron chi connectivity index (χ0n) is 11.1. The first kappa shape index (κ1) is 15.0. The minimum atomic E-state index is -4.49. The Labute approximate surface area is 127 Å². The number of sulfone groups is 1. The number of aromatic amines is 1. The van der Waals surface area contributed by atoms with Crippen molar-refractivity contribution in [2.45, 2.75) is 10.4 Å². The molecule has 0 atom stereocenters. The highest BCUT2D eigenvalue weighted by Gasteiger charge is 2.33. The van der Waals surface area contributed by atoms with Gasteiger partial charge in [0.2, 0.25) is 0 Å². The topological polar surface area (TPSA) is 62.8 Å². The normalized spacial score (nSPS) is 12.9. The molecule has 0 amide bonds. The summed E-state index contributed by atoms with van der Waals surface area (Å²) in [6, 6.07) is 5.57. The average Bonchev–Trinajstić information content (AvgIpc) is 3.03. The van der Waals surface area contributed by atoms with Crippen LogP contribution in [-0.4, -0.2) is 24.6 Å². The highest BCUT2D eigenvalue weighted by molar-refractivity contribution is 7.92. The quantitative estimate of drug-likeness (QED) is 0.769. The van der Waals surface area contributed by atoms with E-state index in [9.17, 15) is 21.6 Å². The summed E-state index contributed by atoms with van der Waals surface area (Å²) >= 11 is 1.01. The number of fused-ring (bicyclic) bond motifs is 1. The minimum absolute atomic E-state index is 0.110. The molecule has 0 bridgehead atoms. The Morgan fingerprint density at radius 1 is 1.23 bits per heavy atom. The van der Waals surface area contributed by atoms with E-state index in [0.717, 1.165) is 23.7 Å². The summed E-state index contributed by atoms with van der Waals surface area (Å²) in [5.74, 6) is 0. The number of hydrogen-bond donors (Lipinski definition) is 1. The fourth-order valence-electron chi connectivity index (χ4n) is 2.06. The maximum atomic E-state index is 12.8. The zero-order chi connectivity index (χ0) is 16.1. The third-order valence-corrected chi connectivity index (χ3v) is 5.99. The molecule has 0 spiro atoms. The molecule has 0 aliphatic carbocycles. The summed E-state index contributed by atoms with van der Waals surface area (Å²) in [6.45, 7) is 0. The fraction of sp³-hybridized carbons (Fsp3) is 0.154. The lowest BCUT2D eigenvalue weighted by atomic mass is 10.1. The summed E-state index contributed by atoms with van der Waals surface area (Å²) in [5, 5.41) is 0.303. The lowest BCUT2D eigenvalue weighted by Crippen LogP contribution is -2.04. The number of nitrogens with one attached hydrogen (secondary N) is 1. The highest BCUT2D eigenvalue weighted by Crippen LogP contribution is 2.37. The summed E-state index contributed by atoms with van der Waals surface area (Å²) in [4.78, 5) is 6.69. The minimum Gasteiger partial charge on any atom is -0.336 e. The second kappa shape index (κ2) is 4.82. The molecule has 0 aliphatic rings. The second-order valence-electron chi connectivity index (χ2n) is 4.69. The largest absolute Gasteiger partial charge is 0.431 e. The number of thiophene rings is 1. The van der Waals surface area contributed by atoms with E-state index in [-0.39, 0.29) is 9.86 Å². The molecule has 0 saturated heterocycles. The van der Waals surface area contributed by atoms with Gasteiger partial charge < -0.3 is 4.98 Å². The van der Waals surface area contributed by atoms with Crippen molar-refractivity contribution in [1.29, 1.82) is 0 Å². The van der Waals surface area contributed by atoms with Gasteiger partial charge in [-0.05, 0) is 24.3 Å². The first-order valence-electron chi connectivity index (χ1n) is 6.01. The van der Waals surface area contributed by atoms with Crippen LogP contribution in [0.4, 0.5) is 13.2 Å². The molecule has 3 heterocycles. The summed E-state index contributed by atoms with van der Waals surface area (Å²) in [5.41, 5.74) is -0.266. The van der Waals surface area contributed by atoms with Crippen molar-refractivity contribution >= 4 is 32.2 Å². The lowest BCUT2D eigenvalue weighted by Gasteiger charge is -2.00. The van der Waals surface area contributed by atoms with Crippen molar-refractivity contribution in [3.05, 3.63) is 36.2 Å². The number of pyridine rings is 1. The Morgan fingerprint density at radius 3 is 2.55 bits per heavy atom. The Morgan fingerprint density at radius 2 is 1.95 bits per heavy atom. The SMILES string of the molecule is CS(=O)(=O)c1ccc(-c2ccnc3[nH]c(C(F)(F)F)cc23)s1. The average molecular weight is 346 g/mol. The van der Waals surface area contributed by atoms with Gasteiger partial charge in [-0.3, -0.25) is 0 Å². The van der Waals surface area contributed by atoms with Crippen LogP contribution >= 0.6 is 11.3 Å². The van der Waals surface area contributed by atoms with Crippen molar-refractivity contribution in [3.63, 3.8) is 0 Å². The molecular formula is C13H9F3N2O2S2. The number of H-pyrrole nitrogens is 1. The van der Waals surface area contributed by atoms with Crippen LogP contribution < -0.4 is 0 Å². The van der Waals surface area contributed by atoms with E-state index in [0.29, 0.717) is 15.8 Å². The molecule has 1 N–H and O–H groups in total. The number of rotatable bonds is 2. The maximum absolute atomic E-state index is 12.8. The van der Waals surface area contributed by atoms with Gasteiger partial charge in [0, 0.05) is 28.3 Å². The third kappa shape index (κ3) is 2.61. The zero-order valence-corrected chi connectivity index (χ0v) is 12.7. The highest BCUT2D eigenvalue weighted by atomic mass is 32.2. The second-order valence-corrected chi connectivity index (χ2v) is 8.02. The molecule has 4 nitrogen and oxygen atoms in total. The molecule has 9 heteroatoms. The van der Waals surface area contributed by atoms with Crippen LogP contribution in [-0.2, 0) is 16.0 Å². The van der Waals surface area contributed by atoms with E-state index in [1.54, 1.807) is 12.1 Å². The van der Waals surface area contributed by atoms with Crippen LogP contribution in [0.3, 0.4) is 0 Å². The predicted octanol–water partition coefficient (Wildman–Crippen LogP) is 3.71. The van der Waals surface area contributed by atoms with Crippen LogP contribution in [0.5, 0.6) is 0 Å². The fourth-order valence-corrected chi connectivity index (χ4v) is 4.03. The van der Waals surface area contributed by atoms with E-state index >= 15 is 0 Å². The first-order valence-corrected chi connectivity index (χ1v) is 8.72. The van der Waals surface area contributed by atoms with Crippen molar-refractivity contribution in [2.75, 3.05) is 6.26 Å². The van der Waals surface area contributed by atoms with Gasteiger partial charge in [-0.1, -0.05) is 0 Å². The van der Waals surface area contributed by atoms with Gasteiger partial charge in [0.1, 0.15) is 15.6 Å². The maximum Gasteiger partial charge on any atom is 0.431 e. The van der Waals surface area contributed by atoms with E-state index in [1.165, 1.54) is 12.3 Å². The van der Waals surface area contributed by atoms with Gasteiger partial charge in [-0.15, -0.1) is 11.3 Å². The molecule has 3 aromatic heterocycles. The van der Waals surface area contributed by atoms with Gasteiger partial charge >= 0.3 is 6.18 Å². The standard InChI is InChI=1S/C13H9F3N2O2S2/c1-22(19,20)11-3-2-9(21-11)7-4-5-17-12-8(7)6-10(18-12)13(14,15)16/h2-6H,1H3,(H,17,18). The van der Waals surface area contributed by atoms with Crippen LogP contribution in [0.25, 0.3) is 21.5 Å².